The number of hydrogen-bond donors (Lipinski definition) is 2. The zero-order valence-electron chi connectivity index (χ0n) is 16.8. The zero-order chi connectivity index (χ0) is 21.1. The number of nitrogens with zero attached hydrogens (tertiary/aromatic N) is 3. The van der Waals surface area contributed by atoms with Crippen LogP contribution in [0.3, 0.4) is 0 Å². The molecule has 0 bridgehead atoms. The molecule has 0 fully saturated rings. The summed E-state index contributed by atoms with van der Waals surface area (Å²) in [5, 5.41) is 16.8. The molecule has 0 saturated carbocycles. The second-order valence-corrected chi connectivity index (χ2v) is 7.94. The number of amides is 1. The van der Waals surface area contributed by atoms with Crippen LogP contribution in [0.4, 0.5) is 5.95 Å². The first kappa shape index (κ1) is 19.8. The number of hydrogen-bond acceptors (Lipinski definition) is 7. The van der Waals surface area contributed by atoms with E-state index in [9.17, 15) is 4.79 Å². The third kappa shape index (κ3) is 3.97. The Balaban J connectivity index is 1.69. The summed E-state index contributed by atoms with van der Waals surface area (Å²) in [6.45, 7) is 4.48. The van der Waals surface area contributed by atoms with Gasteiger partial charge in [-0.25, -0.2) is 0 Å². The number of fused-ring (bicyclic) bond motifs is 1. The molecule has 2 heterocycles. The van der Waals surface area contributed by atoms with E-state index in [0.717, 1.165) is 21.4 Å². The number of nitrogens with one attached hydrogen (secondary N) is 2. The van der Waals surface area contributed by atoms with E-state index in [1.165, 1.54) is 16.9 Å². The number of H-pyrrole nitrogens is 1. The lowest BCUT2D eigenvalue weighted by Gasteiger charge is -2.14. The summed E-state index contributed by atoms with van der Waals surface area (Å²) in [5.74, 6) is 1.18. The van der Waals surface area contributed by atoms with Gasteiger partial charge in [0.15, 0.2) is 5.75 Å². The van der Waals surface area contributed by atoms with Gasteiger partial charge in [-0.2, -0.15) is 5.21 Å². The highest BCUT2D eigenvalue weighted by atomic mass is 32.1. The Hall–Kier alpha value is -3.46. The van der Waals surface area contributed by atoms with E-state index >= 15 is 0 Å². The van der Waals surface area contributed by atoms with Crippen LogP contribution < -0.4 is 14.8 Å². The van der Waals surface area contributed by atoms with E-state index in [0.29, 0.717) is 17.2 Å². The van der Waals surface area contributed by atoms with Gasteiger partial charge in [0.2, 0.25) is 0 Å². The minimum Gasteiger partial charge on any atom is -0.496 e. The SMILES string of the molecule is COc1cc2c(OCC(C)c3ccccc3)c(C(=O)Nc3nn[nH]n3)sc2cc1C. The molecule has 0 aliphatic rings. The van der Waals surface area contributed by atoms with Crippen molar-refractivity contribution in [2.45, 2.75) is 19.8 Å². The van der Waals surface area contributed by atoms with Crippen molar-refractivity contribution < 1.29 is 14.3 Å². The number of benzene rings is 2. The normalized spacial score (nSPS) is 12.0. The van der Waals surface area contributed by atoms with E-state index in [4.69, 9.17) is 9.47 Å². The fraction of sp³-hybridized carbons (Fsp3) is 0.238. The van der Waals surface area contributed by atoms with Crippen molar-refractivity contribution in [3.8, 4) is 11.5 Å². The van der Waals surface area contributed by atoms with Crippen LogP contribution in [0, 0.1) is 6.92 Å². The molecular weight excluding hydrogens is 402 g/mol. The number of carbonyl (C=O) groups is 1. The van der Waals surface area contributed by atoms with Gasteiger partial charge in [0, 0.05) is 16.0 Å². The lowest BCUT2D eigenvalue weighted by Crippen LogP contribution is -2.14. The second-order valence-electron chi connectivity index (χ2n) is 6.89. The molecular formula is C21H21N5O3S. The molecule has 0 saturated heterocycles. The van der Waals surface area contributed by atoms with Crippen LogP contribution in [0.15, 0.2) is 42.5 Å². The fourth-order valence-electron chi connectivity index (χ4n) is 3.17. The maximum Gasteiger partial charge on any atom is 0.272 e. The van der Waals surface area contributed by atoms with Crippen LogP contribution in [-0.2, 0) is 0 Å². The quantitative estimate of drug-likeness (QED) is 0.463. The number of aromatic amines is 1. The van der Waals surface area contributed by atoms with Gasteiger partial charge in [-0.15, -0.1) is 16.4 Å². The van der Waals surface area contributed by atoms with Gasteiger partial charge in [-0.1, -0.05) is 42.4 Å². The van der Waals surface area contributed by atoms with Crippen LogP contribution in [0.1, 0.15) is 33.6 Å². The van der Waals surface area contributed by atoms with Crippen LogP contribution >= 0.6 is 11.3 Å². The van der Waals surface area contributed by atoms with Crippen molar-refractivity contribution in [3.63, 3.8) is 0 Å². The maximum absolute atomic E-state index is 12.9. The lowest BCUT2D eigenvalue weighted by atomic mass is 10.0. The molecule has 0 aliphatic carbocycles. The van der Waals surface area contributed by atoms with E-state index in [-0.39, 0.29) is 17.8 Å². The van der Waals surface area contributed by atoms with Gasteiger partial charge < -0.3 is 9.47 Å². The first-order chi connectivity index (χ1) is 14.6. The predicted molar refractivity (Wildman–Crippen MR) is 116 cm³/mol. The van der Waals surface area contributed by atoms with Crippen molar-refractivity contribution in [2.75, 3.05) is 19.0 Å². The van der Waals surface area contributed by atoms with Gasteiger partial charge in [-0.3, -0.25) is 10.1 Å². The average molecular weight is 423 g/mol. The molecule has 2 aromatic heterocycles. The smallest absolute Gasteiger partial charge is 0.272 e. The molecule has 0 aliphatic heterocycles. The number of thiophene rings is 1. The van der Waals surface area contributed by atoms with Crippen molar-refractivity contribution >= 4 is 33.3 Å². The van der Waals surface area contributed by atoms with Crippen molar-refractivity contribution in [2.24, 2.45) is 0 Å². The first-order valence-corrected chi connectivity index (χ1v) is 10.2. The molecule has 0 radical (unpaired) electrons. The van der Waals surface area contributed by atoms with Gasteiger partial charge in [0.1, 0.15) is 10.6 Å². The summed E-state index contributed by atoms with van der Waals surface area (Å²) in [4.78, 5) is 13.4. The minimum absolute atomic E-state index is 0.106. The van der Waals surface area contributed by atoms with Crippen molar-refractivity contribution in [1.82, 2.24) is 20.6 Å². The van der Waals surface area contributed by atoms with Crippen LogP contribution in [-0.4, -0.2) is 40.2 Å². The molecule has 1 unspecified atom stereocenters. The Labute approximate surface area is 177 Å². The van der Waals surface area contributed by atoms with Gasteiger partial charge >= 0.3 is 0 Å². The summed E-state index contributed by atoms with van der Waals surface area (Å²) in [7, 11) is 1.63. The Kier molecular flexibility index (Phi) is 5.62. The summed E-state index contributed by atoms with van der Waals surface area (Å²) in [5.41, 5.74) is 2.16. The molecule has 1 atom stereocenters. The molecule has 9 heteroatoms. The molecule has 8 nitrogen and oxygen atoms in total. The zero-order valence-corrected chi connectivity index (χ0v) is 17.6. The second kappa shape index (κ2) is 8.50. The summed E-state index contributed by atoms with van der Waals surface area (Å²) < 4.78 is 12.6. The highest BCUT2D eigenvalue weighted by Gasteiger charge is 2.23. The number of carbonyl (C=O) groups excluding carboxylic acids is 1. The number of aryl methyl sites for hydroxylation is 1. The summed E-state index contributed by atoms with van der Waals surface area (Å²) in [6.07, 6.45) is 0. The van der Waals surface area contributed by atoms with E-state index in [1.807, 2.05) is 37.3 Å². The van der Waals surface area contributed by atoms with Crippen LogP contribution in [0.5, 0.6) is 11.5 Å². The Morgan fingerprint density at radius 1 is 1.27 bits per heavy atom. The van der Waals surface area contributed by atoms with E-state index < -0.39 is 0 Å². The Morgan fingerprint density at radius 3 is 2.77 bits per heavy atom. The Bertz CT molecular complexity index is 1160. The monoisotopic (exact) mass is 423 g/mol. The lowest BCUT2D eigenvalue weighted by molar-refractivity contribution is 0.102. The number of rotatable bonds is 7. The van der Waals surface area contributed by atoms with Crippen LogP contribution in [0.2, 0.25) is 0 Å². The average Bonchev–Trinajstić information content (AvgIpc) is 3.39. The van der Waals surface area contributed by atoms with E-state index in [2.05, 4.69) is 45.0 Å². The Morgan fingerprint density at radius 2 is 2.07 bits per heavy atom. The van der Waals surface area contributed by atoms with Crippen molar-refractivity contribution in [1.29, 1.82) is 0 Å². The van der Waals surface area contributed by atoms with Crippen molar-refractivity contribution in [3.05, 3.63) is 58.5 Å². The molecule has 154 valence electrons. The molecule has 2 N–H and O–H groups in total. The third-order valence-corrected chi connectivity index (χ3v) is 5.92. The number of aromatic nitrogens is 4. The molecule has 1 amide bonds. The highest BCUT2D eigenvalue weighted by molar-refractivity contribution is 7.21. The first-order valence-electron chi connectivity index (χ1n) is 9.40. The fourth-order valence-corrected chi connectivity index (χ4v) is 4.30. The minimum atomic E-state index is -0.350. The molecule has 0 spiro atoms. The number of tetrazole rings is 1. The molecule has 2 aromatic carbocycles. The largest absolute Gasteiger partial charge is 0.496 e. The predicted octanol–water partition coefficient (Wildman–Crippen LogP) is 4.17. The summed E-state index contributed by atoms with van der Waals surface area (Å²) >= 11 is 1.36. The number of methoxy groups -OCH3 is 1. The molecule has 4 aromatic rings. The summed E-state index contributed by atoms with van der Waals surface area (Å²) in [6, 6.07) is 14.0. The molecule has 4 rings (SSSR count). The van der Waals surface area contributed by atoms with E-state index in [1.54, 1.807) is 7.11 Å². The van der Waals surface area contributed by atoms with Gasteiger partial charge in [0.05, 0.1) is 13.7 Å². The maximum atomic E-state index is 12.9. The van der Waals surface area contributed by atoms with Gasteiger partial charge in [-0.05, 0) is 35.4 Å². The van der Waals surface area contributed by atoms with Crippen LogP contribution in [0.25, 0.3) is 10.1 Å². The highest BCUT2D eigenvalue weighted by Crippen LogP contribution is 2.41. The topological polar surface area (TPSA) is 102 Å². The number of ether oxygens (including phenoxy) is 2. The third-order valence-electron chi connectivity index (χ3n) is 4.78. The molecule has 30 heavy (non-hydrogen) atoms. The number of anilines is 1. The van der Waals surface area contributed by atoms with Gasteiger partial charge in [0.25, 0.3) is 11.9 Å². The standard InChI is InChI=1S/C21H21N5O3S/c1-12-9-17-15(10-16(12)28-3)18(29-11-13(2)14-7-5-4-6-8-14)19(30-17)20(27)22-21-23-25-26-24-21/h4-10,13H,11H2,1-3H3,(H2,22,23,24,25,26,27).